The van der Waals surface area contributed by atoms with Crippen LogP contribution < -0.4 is 10.6 Å². The quantitative estimate of drug-likeness (QED) is 0.648. The molecule has 3 nitrogen and oxygen atoms in total. The van der Waals surface area contributed by atoms with E-state index in [0.717, 1.165) is 28.9 Å². The van der Waals surface area contributed by atoms with Gasteiger partial charge in [0.15, 0.2) is 0 Å². The zero-order chi connectivity index (χ0) is 17.6. The first kappa shape index (κ1) is 16.8. The summed E-state index contributed by atoms with van der Waals surface area (Å²) in [4.78, 5) is 12.2. The third-order valence-corrected chi connectivity index (χ3v) is 4.10. The first-order valence-corrected chi connectivity index (χ1v) is 8.38. The molecule has 0 bridgehead atoms. The molecule has 0 aromatic heterocycles. The van der Waals surface area contributed by atoms with Crippen LogP contribution in [0.2, 0.25) is 0 Å². The average molecular weight is 330 g/mol. The molecule has 0 unspecified atom stereocenters. The van der Waals surface area contributed by atoms with E-state index < -0.39 is 0 Å². The van der Waals surface area contributed by atoms with Crippen LogP contribution in [0.5, 0.6) is 0 Å². The second kappa shape index (κ2) is 7.67. The molecule has 25 heavy (non-hydrogen) atoms. The van der Waals surface area contributed by atoms with Crippen LogP contribution in [0.3, 0.4) is 0 Å². The maximum Gasteiger partial charge on any atom is 0.323 e. The van der Waals surface area contributed by atoms with Crippen molar-refractivity contribution < 1.29 is 4.79 Å². The summed E-state index contributed by atoms with van der Waals surface area (Å²) in [5, 5.41) is 5.78. The molecule has 126 valence electrons. The predicted molar refractivity (Wildman–Crippen MR) is 104 cm³/mol. The first-order valence-electron chi connectivity index (χ1n) is 8.38. The van der Waals surface area contributed by atoms with Gasteiger partial charge in [-0.05, 0) is 60.7 Å². The minimum atomic E-state index is -0.232. The SMILES string of the molecule is Cc1ccc(C)c(NC(=O)Nc2ccc(Cc3ccccc3)cc2)c1. The number of amides is 2. The maximum absolute atomic E-state index is 12.2. The van der Waals surface area contributed by atoms with E-state index in [4.69, 9.17) is 0 Å². The van der Waals surface area contributed by atoms with E-state index in [9.17, 15) is 4.79 Å². The summed E-state index contributed by atoms with van der Waals surface area (Å²) in [7, 11) is 0. The van der Waals surface area contributed by atoms with E-state index in [-0.39, 0.29) is 6.03 Å². The summed E-state index contributed by atoms with van der Waals surface area (Å²) >= 11 is 0. The Kier molecular flexibility index (Phi) is 5.14. The number of aryl methyl sites for hydroxylation is 2. The summed E-state index contributed by atoms with van der Waals surface area (Å²) in [5.41, 5.74) is 6.26. The topological polar surface area (TPSA) is 41.1 Å². The Balaban J connectivity index is 1.61. The number of nitrogens with one attached hydrogen (secondary N) is 2. The normalized spacial score (nSPS) is 10.3. The molecule has 0 aliphatic heterocycles. The molecule has 0 radical (unpaired) electrons. The third-order valence-electron chi connectivity index (χ3n) is 4.10. The molecule has 3 aromatic rings. The Hall–Kier alpha value is -3.07. The van der Waals surface area contributed by atoms with Gasteiger partial charge in [0.2, 0.25) is 0 Å². The Bertz CT molecular complexity index is 855. The smallest absolute Gasteiger partial charge is 0.308 e. The summed E-state index contributed by atoms with van der Waals surface area (Å²) in [5.74, 6) is 0. The van der Waals surface area contributed by atoms with Crippen molar-refractivity contribution in [2.24, 2.45) is 0 Å². The number of benzene rings is 3. The molecule has 0 spiro atoms. The average Bonchev–Trinajstić information content (AvgIpc) is 2.61. The minimum Gasteiger partial charge on any atom is -0.308 e. The van der Waals surface area contributed by atoms with Gasteiger partial charge >= 0.3 is 6.03 Å². The van der Waals surface area contributed by atoms with Gasteiger partial charge in [0.05, 0.1) is 0 Å². The molecular formula is C22H22N2O. The molecule has 0 fully saturated rings. The van der Waals surface area contributed by atoms with Crippen LogP contribution in [0, 0.1) is 13.8 Å². The standard InChI is InChI=1S/C22H22N2O/c1-16-8-9-17(2)21(14-16)24-22(25)23-20-12-10-19(11-13-20)15-18-6-4-3-5-7-18/h3-14H,15H2,1-2H3,(H2,23,24,25). The molecule has 3 aromatic carbocycles. The van der Waals surface area contributed by atoms with Crippen molar-refractivity contribution in [1.29, 1.82) is 0 Å². The molecule has 0 heterocycles. The Morgan fingerprint density at radius 1 is 0.800 bits per heavy atom. The second-order valence-corrected chi connectivity index (χ2v) is 6.26. The lowest BCUT2D eigenvalue weighted by atomic mass is 10.0. The molecule has 2 amide bonds. The van der Waals surface area contributed by atoms with Crippen LogP contribution in [0.4, 0.5) is 16.2 Å². The van der Waals surface area contributed by atoms with Crippen molar-refractivity contribution in [2.75, 3.05) is 10.6 Å². The highest BCUT2D eigenvalue weighted by molar-refractivity contribution is 6.00. The number of urea groups is 1. The number of hydrogen-bond donors (Lipinski definition) is 2. The lowest BCUT2D eigenvalue weighted by molar-refractivity contribution is 0.262. The van der Waals surface area contributed by atoms with Crippen LogP contribution >= 0.6 is 0 Å². The Labute approximate surface area is 148 Å². The number of hydrogen-bond acceptors (Lipinski definition) is 1. The van der Waals surface area contributed by atoms with Gasteiger partial charge in [-0.25, -0.2) is 4.79 Å². The fourth-order valence-electron chi connectivity index (χ4n) is 2.69. The van der Waals surface area contributed by atoms with Crippen LogP contribution in [0.25, 0.3) is 0 Å². The molecular weight excluding hydrogens is 308 g/mol. The molecule has 0 saturated heterocycles. The molecule has 0 aliphatic rings. The predicted octanol–water partition coefficient (Wildman–Crippen LogP) is 5.54. The summed E-state index contributed by atoms with van der Waals surface area (Å²) in [6.45, 7) is 3.99. The molecule has 0 saturated carbocycles. The molecule has 3 heteroatoms. The van der Waals surface area contributed by atoms with Gasteiger partial charge < -0.3 is 10.6 Å². The number of rotatable bonds is 4. The number of anilines is 2. The van der Waals surface area contributed by atoms with Gasteiger partial charge in [0.1, 0.15) is 0 Å². The van der Waals surface area contributed by atoms with Crippen molar-refractivity contribution in [3.05, 3.63) is 95.1 Å². The molecule has 3 rings (SSSR count). The third kappa shape index (κ3) is 4.70. The van der Waals surface area contributed by atoms with E-state index in [1.165, 1.54) is 11.1 Å². The molecule has 2 N–H and O–H groups in total. The monoisotopic (exact) mass is 330 g/mol. The van der Waals surface area contributed by atoms with Crippen LogP contribution in [-0.4, -0.2) is 6.03 Å². The molecule has 0 aliphatic carbocycles. The number of carbonyl (C=O) groups excluding carboxylic acids is 1. The van der Waals surface area contributed by atoms with Crippen LogP contribution in [-0.2, 0) is 6.42 Å². The van der Waals surface area contributed by atoms with Crippen molar-refractivity contribution in [3.8, 4) is 0 Å². The van der Waals surface area contributed by atoms with E-state index in [0.29, 0.717) is 0 Å². The lowest BCUT2D eigenvalue weighted by Gasteiger charge is -2.11. The van der Waals surface area contributed by atoms with Crippen molar-refractivity contribution in [3.63, 3.8) is 0 Å². The Morgan fingerprint density at radius 3 is 2.20 bits per heavy atom. The zero-order valence-corrected chi connectivity index (χ0v) is 14.5. The van der Waals surface area contributed by atoms with Crippen LogP contribution in [0.15, 0.2) is 72.8 Å². The summed E-state index contributed by atoms with van der Waals surface area (Å²) in [6.07, 6.45) is 0.885. The molecule has 0 atom stereocenters. The van der Waals surface area contributed by atoms with Crippen LogP contribution in [0.1, 0.15) is 22.3 Å². The second-order valence-electron chi connectivity index (χ2n) is 6.26. The highest BCUT2D eigenvalue weighted by atomic mass is 16.2. The van der Waals surface area contributed by atoms with Gasteiger partial charge in [-0.3, -0.25) is 0 Å². The maximum atomic E-state index is 12.2. The fourth-order valence-corrected chi connectivity index (χ4v) is 2.69. The minimum absolute atomic E-state index is 0.232. The first-order chi connectivity index (χ1) is 12.1. The Morgan fingerprint density at radius 2 is 1.48 bits per heavy atom. The summed E-state index contributed by atoms with van der Waals surface area (Å²) in [6, 6.07) is 24.1. The van der Waals surface area contributed by atoms with E-state index >= 15 is 0 Å². The van der Waals surface area contributed by atoms with Crippen molar-refractivity contribution in [2.45, 2.75) is 20.3 Å². The number of carbonyl (C=O) groups is 1. The van der Waals surface area contributed by atoms with Gasteiger partial charge in [-0.1, -0.05) is 54.6 Å². The highest BCUT2D eigenvalue weighted by Crippen LogP contribution is 2.18. The van der Waals surface area contributed by atoms with Crippen molar-refractivity contribution in [1.82, 2.24) is 0 Å². The van der Waals surface area contributed by atoms with E-state index in [1.54, 1.807) is 0 Å². The van der Waals surface area contributed by atoms with Gasteiger partial charge in [-0.15, -0.1) is 0 Å². The van der Waals surface area contributed by atoms with E-state index in [1.807, 2.05) is 74.5 Å². The fraction of sp³-hybridized carbons (Fsp3) is 0.136. The van der Waals surface area contributed by atoms with Gasteiger partial charge in [0, 0.05) is 11.4 Å². The highest BCUT2D eigenvalue weighted by Gasteiger charge is 2.05. The van der Waals surface area contributed by atoms with Crippen molar-refractivity contribution >= 4 is 17.4 Å². The van der Waals surface area contributed by atoms with E-state index in [2.05, 4.69) is 22.8 Å². The summed E-state index contributed by atoms with van der Waals surface area (Å²) < 4.78 is 0. The zero-order valence-electron chi connectivity index (χ0n) is 14.5. The van der Waals surface area contributed by atoms with Gasteiger partial charge in [0.25, 0.3) is 0 Å². The van der Waals surface area contributed by atoms with Gasteiger partial charge in [-0.2, -0.15) is 0 Å². The largest absolute Gasteiger partial charge is 0.323 e. The lowest BCUT2D eigenvalue weighted by Crippen LogP contribution is -2.20.